The summed E-state index contributed by atoms with van der Waals surface area (Å²) in [7, 11) is 0. The molecule has 0 bridgehead atoms. The van der Waals surface area contributed by atoms with E-state index in [1.807, 2.05) is 43.5 Å². The highest BCUT2D eigenvalue weighted by Gasteiger charge is 2.30. The second-order valence-corrected chi connectivity index (χ2v) is 6.82. The van der Waals surface area contributed by atoms with Crippen molar-refractivity contribution < 1.29 is 14.3 Å². The maximum Gasteiger partial charge on any atom is 0.245 e. The Labute approximate surface area is 165 Å². The van der Waals surface area contributed by atoms with Crippen LogP contribution in [0, 0.1) is 31.1 Å². The van der Waals surface area contributed by atoms with Crippen LogP contribution < -0.4 is 5.32 Å². The Morgan fingerprint density at radius 3 is 2.71 bits per heavy atom. The van der Waals surface area contributed by atoms with Gasteiger partial charge in [-0.3, -0.25) is 14.6 Å². The molecular weight excluding hydrogens is 356 g/mol. The molecule has 0 saturated carbocycles. The van der Waals surface area contributed by atoms with Gasteiger partial charge in [-0.2, -0.15) is 5.26 Å². The number of Topliss-reactive ketones (excluding diaryl/α,β-unsaturated/α-hetero) is 1. The lowest BCUT2D eigenvalue weighted by Crippen LogP contribution is -2.35. The number of nitrogens with zero attached hydrogens (tertiary/aromatic N) is 3. The number of carbonyl (C=O) groups is 2. The number of nitrogens with one attached hydrogen (secondary N) is 1. The lowest BCUT2D eigenvalue weighted by molar-refractivity contribution is -0.122. The standard InChI is InChI=1S/C21H26N4O3/c1-14(2)28-10-6-9-24-21(27)19(12-22)20(26)18-11-15(3)25(16(18)4)17-7-5-8-23-13-17/h5,7-8,11,13-14,19H,6,9-10H2,1-4H3,(H,24,27). The predicted octanol–water partition coefficient (Wildman–Crippen LogP) is 2.74. The fourth-order valence-electron chi connectivity index (χ4n) is 2.99. The van der Waals surface area contributed by atoms with Crippen LogP contribution >= 0.6 is 0 Å². The average Bonchev–Trinajstić information content (AvgIpc) is 2.96. The summed E-state index contributed by atoms with van der Waals surface area (Å²) < 4.78 is 7.29. The second-order valence-electron chi connectivity index (χ2n) is 6.82. The van der Waals surface area contributed by atoms with Crippen molar-refractivity contribution in [1.29, 1.82) is 5.26 Å². The van der Waals surface area contributed by atoms with Crippen LogP contribution in [-0.4, -0.2) is 40.5 Å². The van der Waals surface area contributed by atoms with E-state index < -0.39 is 17.6 Å². The van der Waals surface area contributed by atoms with Crippen LogP contribution in [0.3, 0.4) is 0 Å². The summed E-state index contributed by atoms with van der Waals surface area (Å²) in [6.45, 7) is 8.40. The number of aromatic nitrogens is 2. The number of nitriles is 1. The van der Waals surface area contributed by atoms with Crippen LogP contribution in [0.4, 0.5) is 0 Å². The molecule has 1 amide bonds. The third-order valence-corrected chi connectivity index (χ3v) is 4.33. The highest BCUT2D eigenvalue weighted by molar-refractivity contribution is 6.12. The molecule has 2 aromatic heterocycles. The fraction of sp³-hybridized carbons (Fsp3) is 0.429. The minimum atomic E-state index is -1.38. The van der Waals surface area contributed by atoms with E-state index >= 15 is 0 Å². The largest absolute Gasteiger partial charge is 0.379 e. The summed E-state index contributed by atoms with van der Waals surface area (Å²) in [4.78, 5) is 29.3. The van der Waals surface area contributed by atoms with E-state index in [1.165, 1.54) is 0 Å². The molecule has 2 aromatic rings. The zero-order valence-corrected chi connectivity index (χ0v) is 16.7. The van der Waals surface area contributed by atoms with Crippen molar-refractivity contribution in [3.05, 3.63) is 47.5 Å². The lowest BCUT2D eigenvalue weighted by atomic mass is 9.98. The minimum Gasteiger partial charge on any atom is -0.379 e. The number of carbonyl (C=O) groups excluding carboxylic acids is 2. The first kappa shape index (κ1) is 21.3. The van der Waals surface area contributed by atoms with Crippen LogP contribution in [0.25, 0.3) is 5.69 Å². The molecule has 7 nitrogen and oxygen atoms in total. The van der Waals surface area contributed by atoms with Gasteiger partial charge in [0.15, 0.2) is 11.7 Å². The van der Waals surface area contributed by atoms with Crippen molar-refractivity contribution in [1.82, 2.24) is 14.9 Å². The van der Waals surface area contributed by atoms with Gasteiger partial charge in [-0.15, -0.1) is 0 Å². The van der Waals surface area contributed by atoms with Gasteiger partial charge >= 0.3 is 0 Å². The predicted molar refractivity (Wildman–Crippen MR) is 105 cm³/mol. The Morgan fingerprint density at radius 2 is 2.11 bits per heavy atom. The molecule has 2 heterocycles. The van der Waals surface area contributed by atoms with Gasteiger partial charge < -0.3 is 14.6 Å². The summed E-state index contributed by atoms with van der Waals surface area (Å²) in [5.41, 5.74) is 2.69. The molecule has 0 radical (unpaired) electrons. The van der Waals surface area contributed by atoms with Gasteiger partial charge in [0.05, 0.1) is 24.1 Å². The number of rotatable bonds is 9. The van der Waals surface area contributed by atoms with E-state index in [0.717, 1.165) is 11.4 Å². The van der Waals surface area contributed by atoms with Crippen LogP contribution in [0.1, 0.15) is 42.0 Å². The number of aryl methyl sites for hydroxylation is 1. The molecule has 1 unspecified atom stereocenters. The van der Waals surface area contributed by atoms with Gasteiger partial charge in [0.2, 0.25) is 5.91 Å². The minimum absolute atomic E-state index is 0.124. The van der Waals surface area contributed by atoms with Gasteiger partial charge in [-0.25, -0.2) is 0 Å². The Kier molecular flexibility index (Phi) is 7.47. The monoisotopic (exact) mass is 382 g/mol. The van der Waals surface area contributed by atoms with E-state index in [-0.39, 0.29) is 6.10 Å². The topological polar surface area (TPSA) is 97.0 Å². The number of pyridine rings is 1. The Bertz CT molecular complexity index is 866. The number of amides is 1. The number of hydrogen-bond donors (Lipinski definition) is 1. The van der Waals surface area contributed by atoms with Crippen molar-refractivity contribution in [2.24, 2.45) is 5.92 Å². The molecule has 1 N–H and O–H groups in total. The fourth-order valence-corrected chi connectivity index (χ4v) is 2.99. The number of ketones is 1. The first-order chi connectivity index (χ1) is 13.4. The molecule has 28 heavy (non-hydrogen) atoms. The third-order valence-electron chi connectivity index (χ3n) is 4.33. The van der Waals surface area contributed by atoms with Crippen LogP contribution in [0.15, 0.2) is 30.6 Å². The normalized spacial score (nSPS) is 11.9. The first-order valence-corrected chi connectivity index (χ1v) is 9.29. The van der Waals surface area contributed by atoms with E-state index in [9.17, 15) is 14.9 Å². The van der Waals surface area contributed by atoms with Crippen LogP contribution in [0.2, 0.25) is 0 Å². The molecule has 1 atom stereocenters. The van der Waals surface area contributed by atoms with Crippen LogP contribution in [0.5, 0.6) is 0 Å². The van der Waals surface area contributed by atoms with Gasteiger partial charge in [-0.1, -0.05) is 0 Å². The Balaban J connectivity index is 2.11. The molecular formula is C21H26N4O3. The van der Waals surface area contributed by atoms with Gasteiger partial charge in [-0.05, 0) is 52.3 Å². The van der Waals surface area contributed by atoms with E-state index in [1.54, 1.807) is 25.4 Å². The lowest BCUT2D eigenvalue weighted by Gasteiger charge is -2.12. The van der Waals surface area contributed by atoms with Crippen molar-refractivity contribution in [2.45, 2.75) is 40.2 Å². The molecule has 0 aliphatic carbocycles. The highest BCUT2D eigenvalue weighted by atomic mass is 16.5. The van der Waals surface area contributed by atoms with E-state index in [4.69, 9.17) is 4.74 Å². The average molecular weight is 382 g/mol. The molecule has 0 saturated heterocycles. The first-order valence-electron chi connectivity index (χ1n) is 9.29. The molecule has 7 heteroatoms. The maximum atomic E-state index is 12.9. The van der Waals surface area contributed by atoms with Gasteiger partial charge in [0.25, 0.3) is 0 Å². The Morgan fingerprint density at radius 1 is 1.36 bits per heavy atom. The van der Waals surface area contributed by atoms with Gasteiger partial charge in [0.1, 0.15) is 0 Å². The smallest absolute Gasteiger partial charge is 0.245 e. The molecule has 148 valence electrons. The van der Waals surface area contributed by atoms with Crippen molar-refractivity contribution >= 4 is 11.7 Å². The molecule has 2 rings (SSSR count). The molecule has 0 aliphatic rings. The highest BCUT2D eigenvalue weighted by Crippen LogP contribution is 2.22. The van der Waals surface area contributed by atoms with E-state index in [0.29, 0.717) is 30.8 Å². The van der Waals surface area contributed by atoms with Gasteiger partial charge in [0, 0.05) is 36.3 Å². The number of ether oxygens (including phenoxy) is 1. The molecule has 0 aliphatic heterocycles. The van der Waals surface area contributed by atoms with Crippen molar-refractivity contribution in [3.63, 3.8) is 0 Å². The van der Waals surface area contributed by atoms with Crippen LogP contribution in [-0.2, 0) is 9.53 Å². The summed E-state index contributed by atoms with van der Waals surface area (Å²) in [5.74, 6) is -2.46. The molecule has 0 fully saturated rings. The summed E-state index contributed by atoms with van der Waals surface area (Å²) in [6, 6.07) is 7.24. The maximum absolute atomic E-state index is 12.9. The molecule has 0 spiro atoms. The SMILES string of the molecule is Cc1cc(C(=O)C(C#N)C(=O)NCCCOC(C)C)c(C)n1-c1cccnc1. The third kappa shape index (κ3) is 5.05. The summed E-state index contributed by atoms with van der Waals surface area (Å²) in [6.07, 6.45) is 4.11. The summed E-state index contributed by atoms with van der Waals surface area (Å²) >= 11 is 0. The van der Waals surface area contributed by atoms with Crippen molar-refractivity contribution in [2.75, 3.05) is 13.2 Å². The summed E-state index contributed by atoms with van der Waals surface area (Å²) in [5, 5.41) is 12.1. The number of hydrogen-bond acceptors (Lipinski definition) is 5. The molecule has 0 aromatic carbocycles. The zero-order valence-electron chi connectivity index (χ0n) is 16.7. The zero-order chi connectivity index (χ0) is 20.7. The quantitative estimate of drug-likeness (QED) is 0.409. The second kappa shape index (κ2) is 9.81. The van der Waals surface area contributed by atoms with Crippen molar-refractivity contribution in [3.8, 4) is 11.8 Å². The Hall–Kier alpha value is -2.98. The van der Waals surface area contributed by atoms with E-state index in [2.05, 4.69) is 10.3 Å².